The van der Waals surface area contributed by atoms with Gasteiger partial charge in [0.1, 0.15) is 0 Å². The van der Waals surface area contributed by atoms with E-state index in [0.717, 1.165) is 22.9 Å². The second-order valence-corrected chi connectivity index (χ2v) is 4.79. The van der Waals surface area contributed by atoms with E-state index in [9.17, 15) is 4.79 Å². The van der Waals surface area contributed by atoms with E-state index in [0.29, 0.717) is 12.3 Å². The van der Waals surface area contributed by atoms with Gasteiger partial charge in [-0.3, -0.25) is 4.79 Å². The normalized spacial score (nSPS) is 10.9. The Labute approximate surface area is 110 Å². The highest BCUT2D eigenvalue weighted by Gasteiger charge is 1.96. The lowest BCUT2D eigenvalue weighted by Gasteiger charge is -1.95. The summed E-state index contributed by atoms with van der Waals surface area (Å²) in [5.74, 6) is 0.785. The molecule has 0 bridgehead atoms. The third-order valence-electron chi connectivity index (χ3n) is 2.12. The van der Waals surface area contributed by atoms with E-state index in [1.807, 2.05) is 30.3 Å². The largest absolute Gasteiger partial charge is 0.295 e. The summed E-state index contributed by atoms with van der Waals surface area (Å²) in [4.78, 5) is 11.4. The molecule has 0 heterocycles. The molecule has 1 rings (SSSR count). The van der Waals surface area contributed by atoms with Gasteiger partial charge in [-0.05, 0) is 36.6 Å². The van der Waals surface area contributed by atoms with Gasteiger partial charge in [0.15, 0.2) is 5.78 Å². The molecule has 86 valence electrons. The Morgan fingerprint density at radius 2 is 2.19 bits per heavy atom. The number of ketones is 1. The van der Waals surface area contributed by atoms with Crippen molar-refractivity contribution < 1.29 is 4.79 Å². The molecule has 0 aliphatic rings. The molecule has 16 heavy (non-hydrogen) atoms. The standard InChI is InChI=1S/C13H14BrClO/c14-12-5-3-4-11(10-12)7-8-13(16)6-1-2-9-15/h3-5,7-8,10H,1-2,6,9H2. The number of carbonyl (C=O) groups excluding carboxylic acids is 1. The van der Waals surface area contributed by atoms with Crippen LogP contribution < -0.4 is 0 Å². The number of hydrogen-bond acceptors (Lipinski definition) is 1. The minimum absolute atomic E-state index is 0.157. The molecule has 0 aliphatic carbocycles. The van der Waals surface area contributed by atoms with Crippen LogP contribution in [0.15, 0.2) is 34.8 Å². The number of carbonyl (C=O) groups is 1. The third kappa shape index (κ3) is 5.47. The molecule has 1 aromatic rings. The van der Waals surface area contributed by atoms with Crippen molar-refractivity contribution in [3.63, 3.8) is 0 Å². The van der Waals surface area contributed by atoms with E-state index >= 15 is 0 Å². The van der Waals surface area contributed by atoms with Crippen molar-refractivity contribution >= 4 is 39.4 Å². The molecule has 0 saturated carbocycles. The number of halogens is 2. The molecule has 0 spiro atoms. The topological polar surface area (TPSA) is 17.1 Å². The van der Waals surface area contributed by atoms with Gasteiger partial charge in [0.2, 0.25) is 0 Å². The fourth-order valence-corrected chi connectivity index (χ4v) is 1.88. The Morgan fingerprint density at radius 1 is 1.38 bits per heavy atom. The van der Waals surface area contributed by atoms with Crippen LogP contribution in [0.5, 0.6) is 0 Å². The molecule has 1 nitrogen and oxygen atoms in total. The van der Waals surface area contributed by atoms with Gasteiger partial charge in [-0.25, -0.2) is 0 Å². The summed E-state index contributed by atoms with van der Waals surface area (Å²) in [5.41, 5.74) is 1.03. The zero-order valence-electron chi connectivity index (χ0n) is 8.96. The van der Waals surface area contributed by atoms with Crippen molar-refractivity contribution in [1.82, 2.24) is 0 Å². The van der Waals surface area contributed by atoms with Crippen molar-refractivity contribution in [2.45, 2.75) is 19.3 Å². The maximum atomic E-state index is 11.4. The highest BCUT2D eigenvalue weighted by atomic mass is 79.9. The van der Waals surface area contributed by atoms with Crippen LogP contribution in [0.25, 0.3) is 6.08 Å². The Morgan fingerprint density at radius 3 is 2.88 bits per heavy atom. The zero-order valence-corrected chi connectivity index (χ0v) is 11.3. The summed E-state index contributed by atoms with van der Waals surface area (Å²) < 4.78 is 1.02. The smallest absolute Gasteiger partial charge is 0.155 e. The number of rotatable bonds is 6. The van der Waals surface area contributed by atoms with E-state index in [-0.39, 0.29) is 5.78 Å². The molecule has 1 aromatic carbocycles. The maximum Gasteiger partial charge on any atom is 0.155 e. The van der Waals surface area contributed by atoms with E-state index in [4.69, 9.17) is 11.6 Å². The minimum atomic E-state index is 0.157. The van der Waals surface area contributed by atoms with Crippen molar-refractivity contribution in [3.8, 4) is 0 Å². The summed E-state index contributed by atoms with van der Waals surface area (Å²) >= 11 is 8.93. The summed E-state index contributed by atoms with van der Waals surface area (Å²) in [7, 11) is 0. The number of unbranched alkanes of at least 4 members (excludes halogenated alkanes) is 1. The molecule has 0 fully saturated rings. The molecular formula is C13H14BrClO. The Hall–Kier alpha value is -0.600. The first kappa shape index (κ1) is 13.5. The molecule has 0 unspecified atom stereocenters. The Kier molecular flexibility index (Phi) is 6.43. The van der Waals surface area contributed by atoms with Crippen LogP contribution in [0.3, 0.4) is 0 Å². The van der Waals surface area contributed by atoms with Gasteiger partial charge < -0.3 is 0 Å². The predicted octanol–water partition coefficient (Wildman–Crippen LogP) is 4.44. The van der Waals surface area contributed by atoms with E-state index < -0.39 is 0 Å². The van der Waals surface area contributed by atoms with E-state index in [1.54, 1.807) is 6.08 Å². The van der Waals surface area contributed by atoms with Gasteiger partial charge in [-0.2, -0.15) is 0 Å². The molecule has 0 atom stereocenters. The number of hydrogen-bond donors (Lipinski definition) is 0. The molecule has 0 aromatic heterocycles. The average molecular weight is 302 g/mol. The summed E-state index contributed by atoms with van der Waals surface area (Å²) in [5, 5.41) is 0. The molecule has 0 aliphatic heterocycles. The lowest BCUT2D eigenvalue weighted by atomic mass is 10.1. The molecule has 0 amide bonds. The van der Waals surface area contributed by atoms with Gasteiger partial charge in [0.05, 0.1) is 0 Å². The number of benzene rings is 1. The quantitative estimate of drug-likeness (QED) is 0.431. The van der Waals surface area contributed by atoms with Crippen LogP contribution in [-0.2, 0) is 4.79 Å². The monoisotopic (exact) mass is 300 g/mol. The SMILES string of the molecule is O=C(C=Cc1cccc(Br)c1)CCCCCl. The molecule has 0 radical (unpaired) electrons. The van der Waals surface area contributed by atoms with E-state index in [2.05, 4.69) is 15.9 Å². The summed E-state index contributed by atoms with van der Waals surface area (Å²) in [6.07, 6.45) is 5.82. The lowest BCUT2D eigenvalue weighted by molar-refractivity contribution is -0.114. The summed E-state index contributed by atoms with van der Waals surface area (Å²) in [6, 6.07) is 7.84. The summed E-state index contributed by atoms with van der Waals surface area (Å²) in [6.45, 7) is 0. The average Bonchev–Trinajstić information content (AvgIpc) is 2.27. The number of allylic oxidation sites excluding steroid dienone is 1. The van der Waals surface area contributed by atoms with Crippen LogP contribution >= 0.6 is 27.5 Å². The second kappa shape index (κ2) is 7.64. The van der Waals surface area contributed by atoms with Crippen molar-refractivity contribution in [1.29, 1.82) is 0 Å². The Balaban J connectivity index is 2.44. The first-order valence-electron chi connectivity index (χ1n) is 5.25. The van der Waals surface area contributed by atoms with Crippen LogP contribution in [0, 0.1) is 0 Å². The van der Waals surface area contributed by atoms with Crippen molar-refractivity contribution in [2.75, 3.05) is 5.88 Å². The van der Waals surface area contributed by atoms with Gasteiger partial charge in [-0.15, -0.1) is 11.6 Å². The predicted molar refractivity (Wildman–Crippen MR) is 72.8 cm³/mol. The second-order valence-electron chi connectivity index (χ2n) is 3.50. The van der Waals surface area contributed by atoms with Crippen LogP contribution in [0.4, 0.5) is 0 Å². The van der Waals surface area contributed by atoms with Crippen molar-refractivity contribution in [2.24, 2.45) is 0 Å². The number of alkyl halides is 1. The Bertz CT molecular complexity index is 374. The van der Waals surface area contributed by atoms with Crippen LogP contribution in [-0.4, -0.2) is 11.7 Å². The fraction of sp³-hybridized carbons (Fsp3) is 0.308. The van der Waals surface area contributed by atoms with Gasteiger partial charge in [-0.1, -0.05) is 34.1 Å². The first-order valence-corrected chi connectivity index (χ1v) is 6.57. The van der Waals surface area contributed by atoms with Gasteiger partial charge in [0, 0.05) is 16.8 Å². The molecular weight excluding hydrogens is 287 g/mol. The molecule has 0 N–H and O–H groups in total. The third-order valence-corrected chi connectivity index (χ3v) is 2.88. The van der Waals surface area contributed by atoms with E-state index in [1.165, 1.54) is 0 Å². The molecule has 3 heteroatoms. The van der Waals surface area contributed by atoms with Crippen LogP contribution in [0.2, 0.25) is 0 Å². The molecule has 0 saturated heterocycles. The highest BCUT2D eigenvalue weighted by molar-refractivity contribution is 9.10. The first-order chi connectivity index (χ1) is 7.72. The lowest BCUT2D eigenvalue weighted by Crippen LogP contribution is -1.92. The van der Waals surface area contributed by atoms with Crippen LogP contribution in [0.1, 0.15) is 24.8 Å². The minimum Gasteiger partial charge on any atom is -0.295 e. The fourth-order valence-electron chi connectivity index (χ4n) is 1.28. The van der Waals surface area contributed by atoms with Gasteiger partial charge >= 0.3 is 0 Å². The maximum absolute atomic E-state index is 11.4. The highest BCUT2D eigenvalue weighted by Crippen LogP contribution is 2.13. The van der Waals surface area contributed by atoms with Crippen molar-refractivity contribution in [3.05, 3.63) is 40.4 Å². The zero-order chi connectivity index (χ0) is 11.8. The van der Waals surface area contributed by atoms with Gasteiger partial charge in [0.25, 0.3) is 0 Å².